The van der Waals surface area contributed by atoms with Crippen molar-refractivity contribution in [2.75, 3.05) is 0 Å². The van der Waals surface area contributed by atoms with E-state index in [-0.39, 0.29) is 11.2 Å². The van der Waals surface area contributed by atoms with Crippen LogP contribution in [0.25, 0.3) is 0 Å². The highest BCUT2D eigenvalue weighted by Gasteiger charge is 2.46. The minimum absolute atomic E-state index is 0.0547. The standard InChI is InChI=1S/C16H24ClNO/c1-11(12-6-8-13(17)9-7-12)18-14-10-15(2,3)19-16(14,4)5/h6-9,11,14,18H,10H2,1-5H3/t11-,14?/m0/s1. The molecule has 0 aliphatic carbocycles. The molecule has 1 unspecified atom stereocenters. The summed E-state index contributed by atoms with van der Waals surface area (Å²) in [5.41, 5.74) is 1.07. The zero-order valence-corrected chi connectivity index (χ0v) is 13.2. The molecule has 0 amide bonds. The van der Waals surface area contributed by atoms with Gasteiger partial charge in [0.05, 0.1) is 11.2 Å². The second kappa shape index (κ2) is 5.08. The lowest BCUT2D eigenvalue weighted by atomic mass is 9.93. The highest BCUT2D eigenvalue weighted by molar-refractivity contribution is 6.30. The van der Waals surface area contributed by atoms with E-state index < -0.39 is 0 Å². The van der Waals surface area contributed by atoms with Gasteiger partial charge in [0, 0.05) is 17.1 Å². The molecule has 2 atom stereocenters. The van der Waals surface area contributed by atoms with Crippen LogP contribution in [0.4, 0.5) is 0 Å². The van der Waals surface area contributed by atoms with E-state index in [1.54, 1.807) is 0 Å². The van der Waals surface area contributed by atoms with Gasteiger partial charge >= 0.3 is 0 Å². The predicted octanol–water partition coefficient (Wildman–Crippen LogP) is 4.34. The highest BCUT2D eigenvalue weighted by Crippen LogP contribution is 2.38. The number of hydrogen-bond acceptors (Lipinski definition) is 2. The van der Waals surface area contributed by atoms with Crippen LogP contribution in [0.5, 0.6) is 0 Å². The van der Waals surface area contributed by atoms with Gasteiger partial charge in [-0.1, -0.05) is 23.7 Å². The van der Waals surface area contributed by atoms with E-state index in [1.165, 1.54) is 5.56 Å². The summed E-state index contributed by atoms with van der Waals surface area (Å²) in [7, 11) is 0. The van der Waals surface area contributed by atoms with E-state index in [1.807, 2.05) is 12.1 Å². The topological polar surface area (TPSA) is 21.3 Å². The van der Waals surface area contributed by atoms with Crippen LogP contribution in [0.1, 0.15) is 52.6 Å². The third-order valence-electron chi connectivity index (χ3n) is 3.90. The first kappa shape index (κ1) is 14.8. The van der Waals surface area contributed by atoms with Gasteiger partial charge in [0.2, 0.25) is 0 Å². The molecule has 0 aromatic heterocycles. The first-order chi connectivity index (χ1) is 8.70. The minimum atomic E-state index is -0.135. The molecule has 2 rings (SSSR count). The Morgan fingerprint density at radius 2 is 1.79 bits per heavy atom. The lowest BCUT2D eigenvalue weighted by Gasteiger charge is -2.30. The second-order valence-corrected chi connectivity index (χ2v) is 7.10. The molecule has 3 heteroatoms. The molecule has 1 N–H and O–H groups in total. The number of nitrogens with one attached hydrogen (secondary N) is 1. The number of benzene rings is 1. The molecular weight excluding hydrogens is 258 g/mol. The van der Waals surface area contributed by atoms with Crippen molar-refractivity contribution >= 4 is 11.6 Å². The van der Waals surface area contributed by atoms with Crippen molar-refractivity contribution in [1.82, 2.24) is 5.32 Å². The lowest BCUT2D eigenvalue weighted by Crippen LogP contribution is -2.44. The first-order valence-corrected chi connectivity index (χ1v) is 7.29. The van der Waals surface area contributed by atoms with Gasteiger partial charge in [-0.2, -0.15) is 0 Å². The van der Waals surface area contributed by atoms with Gasteiger partial charge in [-0.15, -0.1) is 0 Å². The van der Waals surface area contributed by atoms with Crippen LogP contribution in [-0.2, 0) is 4.74 Å². The van der Waals surface area contributed by atoms with E-state index in [9.17, 15) is 0 Å². The van der Waals surface area contributed by atoms with Crippen molar-refractivity contribution in [2.24, 2.45) is 0 Å². The van der Waals surface area contributed by atoms with Gasteiger partial charge in [0.25, 0.3) is 0 Å². The molecule has 0 radical (unpaired) electrons. The molecule has 0 saturated carbocycles. The van der Waals surface area contributed by atoms with Crippen LogP contribution in [0.15, 0.2) is 24.3 Å². The number of hydrogen-bond donors (Lipinski definition) is 1. The maximum atomic E-state index is 6.12. The smallest absolute Gasteiger partial charge is 0.0787 e. The van der Waals surface area contributed by atoms with Crippen molar-refractivity contribution in [3.63, 3.8) is 0 Å². The highest BCUT2D eigenvalue weighted by atomic mass is 35.5. The Bertz CT molecular complexity index is 439. The van der Waals surface area contributed by atoms with E-state index in [4.69, 9.17) is 16.3 Å². The third-order valence-corrected chi connectivity index (χ3v) is 4.15. The van der Waals surface area contributed by atoms with Crippen LogP contribution >= 0.6 is 11.6 Å². The van der Waals surface area contributed by atoms with Crippen molar-refractivity contribution in [2.45, 2.75) is 64.3 Å². The van der Waals surface area contributed by atoms with E-state index in [0.717, 1.165) is 11.4 Å². The Balaban J connectivity index is 2.07. The minimum Gasteiger partial charge on any atom is -0.368 e. The summed E-state index contributed by atoms with van der Waals surface area (Å²) in [5, 5.41) is 4.47. The summed E-state index contributed by atoms with van der Waals surface area (Å²) in [6, 6.07) is 8.68. The zero-order chi connectivity index (χ0) is 14.3. The molecule has 0 spiro atoms. The summed E-state index contributed by atoms with van der Waals surface area (Å²) in [6.45, 7) is 10.8. The van der Waals surface area contributed by atoms with Gasteiger partial charge in [-0.25, -0.2) is 0 Å². The van der Waals surface area contributed by atoms with E-state index >= 15 is 0 Å². The summed E-state index contributed by atoms with van der Waals surface area (Å²) in [4.78, 5) is 0. The van der Waals surface area contributed by atoms with Gasteiger partial charge < -0.3 is 10.1 Å². The largest absolute Gasteiger partial charge is 0.368 e. The lowest BCUT2D eigenvalue weighted by molar-refractivity contribution is -0.0703. The van der Waals surface area contributed by atoms with Gasteiger partial charge in [-0.3, -0.25) is 0 Å². The summed E-state index contributed by atoms with van der Waals surface area (Å²) in [6.07, 6.45) is 1.03. The molecule has 1 aliphatic heterocycles. The van der Waals surface area contributed by atoms with E-state index in [2.05, 4.69) is 52.1 Å². The van der Waals surface area contributed by atoms with Gasteiger partial charge in [-0.05, 0) is 58.7 Å². The Labute approximate surface area is 121 Å². The van der Waals surface area contributed by atoms with Crippen molar-refractivity contribution in [3.8, 4) is 0 Å². The normalized spacial score (nSPS) is 26.3. The summed E-state index contributed by atoms with van der Waals surface area (Å²) < 4.78 is 6.12. The second-order valence-electron chi connectivity index (χ2n) is 6.66. The van der Waals surface area contributed by atoms with Crippen molar-refractivity contribution < 1.29 is 4.74 Å². The summed E-state index contributed by atoms with van der Waals surface area (Å²) >= 11 is 5.93. The van der Waals surface area contributed by atoms with Crippen LogP contribution < -0.4 is 5.32 Å². The molecule has 1 aromatic rings. The average Bonchev–Trinajstić information content (AvgIpc) is 2.47. The molecule has 19 heavy (non-hydrogen) atoms. The molecule has 1 aromatic carbocycles. The molecule has 1 saturated heterocycles. The molecular formula is C16H24ClNO. The average molecular weight is 282 g/mol. The molecule has 1 heterocycles. The summed E-state index contributed by atoms with van der Waals surface area (Å²) in [5.74, 6) is 0. The van der Waals surface area contributed by atoms with Gasteiger partial charge in [0.15, 0.2) is 0 Å². The fraction of sp³-hybridized carbons (Fsp3) is 0.625. The maximum absolute atomic E-state index is 6.12. The fourth-order valence-electron chi connectivity index (χ4n) is 2.97. The molecule has 1 fully saturated rings. The predicted molar refractivity (Wildman–Crippen MR) is 80.7 cm³/mol. The Morgan fingerprint density at radius 3 is 2.26 bits per heavy atom. The molecule has 1 aliphatic rings. The maximum Gasteiger partial charge on any atom is 0.0787 e. The fourth-order valence-corrected chi connectivity index (χ4v) is 3.10. The SMILES string of the molecule is C[C@H](NC1CC(C)(C)OC1(C)C)c1ccc(Cl)cc1. The third kappa shape index (κ3) is 3.50. The van der Waals surface area contributed by atoms with Crippen LogP contribution in [0.2, 0.25) is 5.02 Å². The van der Waals surface area contributed by atoms with Crippen LogP contribution in [0.3, 0.4) is 0 Å². The Morgan fingerprint density at radius 1 is 1.21 bits per heavy atom. The molecule has 106 valence electrons. The number of rotatable bonds is 3. The number of ether oxygens (including phenoxy) is 1. The van der Waals surface area contributed by atoms with Crippen LogP contribution in [0, 0.1) is 0 Å². The molecule has 0 bridgehead atoms. The van der Waals surface area contributed by atoms with Crippen molar-refractivity contribution in [3.05, 3.63) is 34.9 Å². The quantitative estimate of drug-likeness (QED) is 0.890. The Hall–Kier alpha value is -0.570. The Kier molecular flexibility index (Phi) is 3.97. The van der Waals surface area contributed by atoms with Gasteiger partial charge in [0.1, 0.15) is 0 Å². The first-order valence-electron chi connectivity index (χ1n) is 6.91. The zero-order valence-electron chi connectivity index (χ0n) is 12.5. The van der Waals surface area contributed by atoms with E-state index in [0.29, 0.717) is 12.1 Å². The van der Waals surface area contributed by atoms with Crippen molar-refractivity contribution in [1.29, 1.82) is 0 Å². The monoisotopic (exact) mass is 281 g/mol. The van der Waals surface area contributed by atoms with Crippen LogP contribution in [-0.4, -0.2) is 17.2 Å². The molecule has 2 nitrogen and oxygen atoms in total. The number of halogens is 1.